The lowest BCUT2D eigenvalue weighted by molar-refractivity contribution is 0.324. The number of nitrogen functional groups attached to an aromatic ring is 1. The van der Waals surface area contributed by atoms with E-state index in [1.807, 2.05) is 0 Å². The second-order valence-corrected chi connectivity index (χ2v) is 8.77. The van der Waals surface area contributed by atoms with Crippen LogP contribution in [0.2, 0.25) is 0 Å². The van der Waals surface area contributed by atoms with Crippen molar-refractivity contribution in [2.24, 2.45) is 0 Å². The molecule has 0 spiro atoms. The van der Waals surface area contributed by atoms with Gasteiger partial charge in [0.15, 0.2) is 23.0 Å². The van der Waals surface area contributed by atoms with E-state index in [0.29, 0.717) is 28.5 Å². The Bertz CT molecular complexity index is 1280. The highest BCUT2D eigenvalue weighted by Crippen LogP contribution is 2.40. The van der Waals surface area contributed by atoms with Crippen molar-refractivity contribution >= 4 is 33.6 Å². The zero-order chi connectivity index (χ0) is 24.9. The fourth-order valence-electron chi connectivity index (χ4n) is 3.20. The van der Waals surface area contributed by atoms with Crippen LogP contribution in [0.5, 0.6) is 28.7 Å². The lowest BCUT2D eigenvalue weighted by Crippen LogP contribution is -2.13. The summed E-state index contributed by atoms with van der Waals surface area (Å²) in [5.74, 6) is 1.20. The summed E-state index contributed by atoms with van der Waals surface area (Å²) in [7, 11) is 1.96. The molecule has 0 bridgehead atoms. The van der Waals surface area contributed by atoms with Crippen LogP contribution in [0, 0.1) is 0 Å². The first-order valence-electron chi connectivity index (χ1n) is 9.99. The second-order valence-electron chi connectivity index (χ2n) is 7.09. The number of anilines is 2. The van der Waals surface area contributed by atoms with Crippen molar-refractivity contribution in [3.63, 3.8) is 0 Å². The molecule has 3 aromatic rings. The normalized spacial score (nSPS) is 11.3. The Morgan fingerprint density at radius 2 is 1.29 bits per heavy atom. The molecular weight excluding hydrogens is 460 g/mol. The van der Waals surface area contributed by atoms with Crippen molar-refractivity contribution in [3.8, 4) is 28.7 Å². The first-order chi connectivity index (χ1) is 16.2. The maximum absolute atomic E-state index is 12.8. The van der Waals surface area contributed by atoms with Gasteiger partial charge in [-0.25, -0.2) is 8.42 Å². The molecule has 0 unspecified atom stereocenters. The third kappa shape index (κ3) is 5.29. The lowest BCUT2D eigenvalue weighted by atomic mass is 10.1. The van der Waals surface area contributed by atoms with Crippen molar-refractivity contribution in [1.29, 1.82) is 0 Å². The molecule has 0 atom stereocenters. The molecule has 0 saturated carbocycles. The molecule has 4 N–H and O–H groups in total. The van der Waals surface area contributed by atoms with Crippen LogP contribution in [-0.2, 0) is 10.0 Å². The summed E-state index contributed by atoms with van der Waals surface area (Å²) in [6.07, 6.45) is 3.50. The van der Waals surface area contributed by atoms with Crippen LogP contribution in [-0.4, -0.2) is 42.0 Å². The van der Waals surface area contributed by atoms with Crippen LogP contribution in [0.4, 0.5) is 11.4 Å². The lowest BCUT2D eigenvalue weighted by Gasteiger charge is -2.14. The summed E-state index contributed by atoms with van der Waals surface area (Å²) in [6, 6.07) is 12.3. The number of methoxy groups -OCH3 is 4. The molecule has 0 aliphatic carbocycles. The number of aromatic hydroxyl groups is 1. The van der Waals surface area contributed by atoms with E-state index < -0.39 is 10.0 Å². The first kappa shape index (κ1) is 24.6. The molecule has 34 heavy (non-hydrogen) atoms. The van der Waals surface area contributed by atoms with Crippen molar-refractivity contribution in [2.45, 2.75) is 4.90 Å². The highest BCUT2D eigenvalue weighted by atomic mass is 32.2. The average molecular weight is 487 g/mol. The number of phenols is 1. The number of nitrogens with one attached hydrogen (secondary N) is 1. The van der Waals surface area contributed by atoms with Gasteiger partial charge in [0, 0.05) is 5.69 Å². The van der Waals surface area contributed by atoms with Gasteiger partial charge in [-0.15, -0.1) is 0 Å². The topological polar surface area (TPSA) is 129 Å². The average Bonchev–Trinajstić information content (AvgIpc) is 2.83. The molecule has 0 fully saturated rings. The molecule has 0 radical (unpaired) electrons. The van der Waals surface area contributed by atoms with Gasteiger partial charge >= 0.3 is 0 Å². The summed E-state index contributed by atoms with van der Waals surface area (Å²) in [4.78, 5) is -0.00145. The Balaban J connectivity index is 1.99. The quantitative estimate of drug-likeness (QED) is 0.235. The monoisotopic (exact) mass is 486 g/mol. The Labute approximate surface area is 198 Å². The minimum absolute atomic E-state index is 0.00145. The molecule has 180 valence electrons. The van der Waals surface area contributed by atoms with Gasteiger partial charge < -0.3 is 29.8 Å². The van der Waals surface area contributed by atoms with Crippen LogP contribution in [0.15, 0.2) is 53.4 Å². The molecule has 0 saturated heterocycles. The third-order valence-corrected chi connectivity index (χ3v) is 6.29. The van der Waals surface area contributed by atoms with Crippen LogP contribution < -0.4 is 29.4 Å². The standard InChI is InChI=1S/C24H26N2O7S/c1-30-20-12-15(5-6-16-13-21(31-2)24(33-4)22(14-16)32-3)11-19(23(20)27)26-34(28,29)18-9-7-17(25)8-10-18/h5-14,26-27H,25H2,1-4H3/b6-5-. The summed E-state index contributed by atoms with van der Waals surface area (Å²) in [5, 5.41) is 10.5. The van der Waals surface area contributed by atoms with Gasteiger partial charge in [0.2, 0.25) is 5.75 Å². The smallest absolute Gasteiger partial charge is 0.262 e. The number of nitrogens with two attached hydrogens (primary N) is 1. The fourth-order valence-corrected chi connectivity index (χ4v) is 4.26. The highest BCUT2D eigenvalue weighted by molar-refractivity contribution is 7.92. The number of hydrogen-bond acceptors (Lipinski definition) is 8. The number of ether oxygens (including phenoxy) is 4. The number of rotatable bonds is 9. The van der Waals surface area contributed by atoms with Gasteiger partial charge in [-0.3, -0.25) is 4.72 Å². The van der Waals surface area contributed by atoms with Gasteiger partial charge in [-0.05, 0) is 59.7 Å². The molecule has 0 aliphatic heterocycles. The maximum atomic E-state index is 12.8. The number of sulfonamides is 1. The third-order valence-electron chi connectivity index (χ3n) is 4.91. The van der Waals surface area contributed by atoms with Gasteiger partial charge in [-0.2, -0.15) is 0 Å². The summed E-state index contributed by atoms with van der Waals surface area (Å²) in [5.41, 5.74) is 7.34. The van der Waals surface area contributed by atoms with Gasteiger partial charge in [0.1, 0.15) is 0 Å². The minimum Gasteiger partial charge on any atom is -0.503 e. The molecular formula is C24H26N2O7S. The van der Waals surface area contributed by atoms with E-state index in [-0.39, 0.29) is 22.1 Å². The van der Waals surface area contributed by atoms with Crippen molar-refractivity contribution in [2.75, 3.05) is 38.9 Å². The van der Waals surface area contributed by atoms with Crippen molar-refractivity contribution < 1.29 is 32.5 Å². The minimum atomic E-state index is -3.98. The summed E-state index contributed by atoms with van der Waals surface area (Å²) in [6.45, 7) is 0. The van der Waals surface area contributed by atoms with E-state index in [0.717, 1.165) is 5.56 Å². The summed E-state index contributed by atoms with van der Waals surface area (Å²) < 4.78 is 49.3. The van der Waals surface area contributed by atoms with E-state index in [1.54, 1.807) is 30.4 Å². The molecule has 9 nitrogen and oxygen atoms in total. The molecule has 0 amide bonds. The Hall–Kier alpha value is -4.05. The number of hydrogen-bond donors (Lipinski definition) is 3. The molecule has 3 aromatic carbocycles. The first-order valence-corrected chi connectivity index (χ1v) is 11.5. The van der Waals surface area contributed by atoms with E-state index in [9.17, 15) is 13.5 Å². The fraction of sp³-hybridized carbons (Fsp3) is 0.167. The molecule has 0 aliphatic rings. The predicted octanol–water partition coefficient (Wildman–Crippen LogP) is 3.98. The van der Waals surface area contributed by atoms with E-state index in [4.69, 9.17) is 24.7 Å². The molecule has 0 heterocycles. The van der Waals surface area contributed by atoms with Gasteiger partial charge in [-0.1, -0.05) is 12.2 Å². The van der Waals surface area contributed by atoms with E-state index in [2.05, 4.69) is 4.72 Å². The summed E-state index contributed by atoms with van der Waals surface area (Å²) >= 11 is 0. The second kappa shape index (κ2) is 10.3. The van der Waals surface area contributed by atoms with Gasteiger partial charge in [0.05, 0.1) is 39.0 Å². The number of phenolic OH excluding ortho intramolecular Hbond substituents is 1. The Morgan fingerprint density at radius 3 is 1.79 bits per heavy atom. The predicted molar refractivity (Wildman–Crippen MR) is 131 cm³/mol. The molecule has 3 rings (SSSR count). The Morgan fingerprint density at radius 1 is 0.794 bits per heavy atom. The molecule has 0 aromatic heterocycles. The van der Waals surface area contributed by atoms with Crippen molar-refractivity contribution in [3.05, 3.63) is 59.7 Å². The van der Waals surface area contributed by atoms with E-state index >= 15 is 0 Å². The van der Waals surface area contributed by atoms with Crippen LogP contribution in [0.25, 0.3) is 12.2 Å². The number of benzene rings is 3. The highest BCUT2D eigenvalue weighted by Gasteiger charge is 2.19. The maximum Gasteiger partial charge on any atom is 0.262 e. The SMILES string of the molecule is COc1cc(/C=C\c2cc(OC)c(OC)c(OC)c2)cc(NS(=O)(=O)c2ccc(N)cc2)c1O. The largest absolute Gasteiger partial charge is 0.503 e. The van der Waals surface area contributed by atoms with Gasteiger partial charge in [0.25, 0.3) is 10.0 Å². The Kier molecular flexibility index (Phi) is 7.42. The zero-order valence-corrected chi connectivity index (χ0v) is 20.0. The van der Waals surface area contributed by atoms with Crippen molar-refractivity contribution in [1.82, 2.24) is 0 Å². The van der Waals surface area contributed by atoms with Crippen LogP contribution in [0.1, 0.15) is 11.1 Å². The molecule has 10 heteroatoms. The van der Waals surface area contributed by atoms with Crippen LogP contribution in [0.3, 0.4) is 0 Å². The van der Waals surface area contributed by atoms with E-state index in [1.165, 1.54) is 58.8 Å². The van der Waals surface area contributed by atoms with Crippen LogP contribution >= 0.6 is 0 Å². The zero-order valence-electron chi connectivity index (χ0n) is 19.2.